The first-order valence-corrected chi connectivity index (χ1v) is 9.78. The molecule has 0 aliphatic heterocycles. The van der Waals surface area contributed by atoms with Gasteiger partial charge in [0, 0.05) is 12.0 Å². The Morgan fingerprint density at radius 3 is 2.33 bits per heavy atom. The minimum atomic E-state index is -0.636. The summed E-state index contributed by atoms with van der Waals surface area (Å²) in [6.45, 7) is 2.27. The number of hydrogen-bond acceptors (Lipinski definition) is 2. The topological polar surface area (TPSA) is 58.2 Å². The Kier molecular flexibility index (Phi) is 6.17. The van der Waals surface area contributed by atoms with E-state index < -0.39 is 6.04 Å². The van der Waals surface area contributed by atoms with Crippen LogP contribution in [0.1, 0.15) is 48.5 Å². The smallest absolute Gasteiger partial charge is 0.253 e. The summed E-state index contributed by atoms with van der Waals surface area (Å²) in [5.41, 5.74) is 1.63. The van der Waals surface area contributed by atoms with Gasteiger partial charge in [0.2, 0.25) is 5.91 Å². The highest BCUT2D eigenvalue weighted by atomic mass is 35.5. The summed E-state index contributed by atoms with van der Waals surface area (Å²) in [5, 5.41) is 6.15. The summed E-state index contributed by atoms with van der Waals surface area (Å²) in [5.74, 6) is -0.528. The third kappa shape index (κ3) is 4.51. The molecule has 0 spiro atoms. The first-order valence-electron chi connectivity index (χ1n) is 9.40. The first-order chi connectivity index (χ1) is 13.0. The van der Waals surface area contributed by atoms with Crippen molar-refractivity contribution in [3.05, 3.63) is 70.7 Å². The van der Waals surface area contributed by atoms with Gasteiger partial charge in [-0.25, -0.2) is 0 Å². The number of amides is 2. The SMILES string of the molecule is CC(NC(=O)c1ccccc1Cl)C(=O)NCC1(c2ccccc2)CCCC1. The Balaban J connectivity index is 1.61. The molecule has 2 aromatic rings. The van der Waals surface area contributed by atoms with Crippen LogP contribution in [-0.2, 0) is 10.2 Å². The molecule has 1 aliphatic carbocycles. The van der Waals surface area contributed by atoms with Crippen molar-refractivity contribution in [2.45, 2.75) is 44.1 Å². The lowest BCUT2D eigenvalue weighted by atomic mass is 9.79. The number of hydrogen-bond donors (Lipinski definition) is 2. The molecule has 1 aliphatic rings. The van der Waals surface area contributed by atoms with Crippen molar-refractivity contribution in [2.24, 2.45) is 0 Å². The lowest BCUT2D eigenvalue weighted by Gasteiger charge is -2.30. The summed E-state index contributed by atoms with van der Waals surface area (Å²) < 4.78 is 0. The van der Waals surface area contributed by atoms with Gasteiger partial charge in [0.1, 0.15) is 6.04 Å². The van der Waals surface area contributed by atoms with Crippen LogP contribution in [0.15, 0.2) is 54.6 Å². The van der Waals surface area contributed by atoms with Crippen molar-refractivity contribution >= 4 is 23.4 Å². The Morgan fingerprint density at radius 1 is 1.04 bits per heavy atom. The molecule has 142 valence electrons. The van der Waals surface area contributed by atoms with Gasteiger partial charge >= 0.3 is 0 Å². The Hall–Kier alpha value is -2.33. The average molecular weight is 385 g/mol. The van der Waals surface area contributed by atoms with E-state index in [-0.39, 0.29) is 17.2 Å². The molecule has 1 fully saturated rings. The quantitative estimate of drug-likeness (QED) is 0.788. The van der Waals surface area contributed by atoms with Gasteiger partial charge in [-0.1, -0.05) is 66.9 Å². The Bertz CT molecular complexity index is 801. The maximum Gasteiger partial charge on any atom is 0.253 e. The lowest BCUT2D eigenvalue weighted by Crippen LogP contribution is -2.48. The summed E-state index contributed by atoms with van der Waals surface area (Å²) in [7, 11) is 0. The van der Waals surface area contributed by atoms with Crippen LogP contribution in [0.4, 0.5) is 0 Å². The standard InChI is InChI=1S/C22H25ClN2O2/c1-16(25-21(27)18-11-5-6-12-19(18)23)20(26)24-15-22(13-7-8-14-22)17-9-3-2-4-10-17/h2-6,9-12,16H,7-8,13-15H2,1H3,(H,24,26)(H,25,27). The van der Waals surface area contributed by atoms with Crippen molar-refractivity contribution < 1.29 is 9.59 Å². The molecule has 0 radical (unpaired) electrons. The zero-order valence-corrected chi connectivity index (χ0v) is 16.3. The molecule has 0 bridgehead atoms. The zero-order chi connectivity index (χ0) is 19.3. The van der Waals surface area contributed by atoms with E-state index >= 15 is 0 Å². The van der Waals surface area contributed by atoms with E-state index in [0.29, 0.717) is 17.1 Å². The predicted molar refractivity (Wildman–Crippen MR) is 108 cm³/mol. The molecule has 0 aromatic heterocycles. The van der Waals surface area contributed by atoms with Gasteiger partial charge in [-0.15, -0.1) is 0 Å². The van der Waals surface area contributed by atoms with Crippen molar-refractivity contribution in [1.29, 1.82) is 0 Å². The van der Waals surface area contributed by atoms with Crippen LogP contribution in [0.5, 0.6) is 0 Å². The van der Waals surface area contributed by atoms with Gasteiger partial charge in [0.25, 0.3) is 5.91 Å². The molecule has 0 heterocycles. The molecule has 1 saturated carbocycles. The molecular formula is C22H25ClN2O2. The number of halogens is 1. The van der Waals surface area contributed by atoms with E-state index in [1.54, 1.807) is 31.2 Å². The second-order valence-electron chi connectivity index (χ2n) is 7.25. The third-order valence-electron chi connectivity index (χ3n) is 5.41. The van der Waals surface area contributed by atoms with E-state index in [2.05, 4.69) is 22.8 Å². The average Bonchev–Trinajstić information content (AvgIpc) is 3.17. The highest BCUT2D eigenvalue weighted by Crippen LogP contribution is 2.40. The Morgan fingerprint density at radius 2 is 1.67 bits per heavy atom. The molecule has 27 heavy (non-hydrogen) atoms. The van der Waals surface area contributed by atoms with Gasteiger partial charge in [-0.3, -0.25) is 9.59 Å². The van der Waals surface area contributed by atoms with Gasteiger partial charge in [-0.05, 0) is 37.5 Å². The van der Waals surface area contributed by atoms with E-state index in [1.807, 2.05) is 18.2 Å². The molecule has 3 rings (SSSR count). The summed E-state index contributed by atoms with van der Waals surface area (Å²) in [4.78, 5) is 24.9. The number of rotatable bonds is 6. The molecular weight excluding hydrogens is 360 g/mol. The van der Waals surface area contributed by atoms with Crippen LogP contribution in [0.25, 0.3) is 0 Å². The largest absolute Gasteiger partial charge is 0.353 e. The van der Waals surface area contributed by atoms with E-state index in [4.69, 9.17) is 11.6 Å². The van der Waals surface area contributed by atoms with Gasteiger partial charge in [0.15, 0.2) is 0 Å². The highest BCUT2D eigenvalue weighted by Gasteiger charge is 2.36. The van der Waals surface area contributed by atoms with Gasteiger partial charge in [0.05, 0.1) is 10.6 Å². The van der Waals surface area contributed by atoms with Crippen LogP contribution in [0.2, 0.25) is 5.02 Å². The summed E-state index contributed by atoms with van der Waals surface area (Å²) in [6, 6.07) is 16.6. The maximum absolute atomic E-state index is 12.6. The fourth-order valence-corrected chi connectivity index (χ4v) is 4.03. The van der Waals surface area contributed by atoms with Gasteiger partial charge in [-0.2, -0.15) is 0 Å². The molecule has 2 N–H and O–H groups in total. The summed E-state index contributed by atoms with van der Waals surface area (Å²) in [6.07, 6.45) is 4.47. The van der Waals surface area contributed by atoms with Crippen LogP contribution in [0, 0.1) is 0 Å². The highest BCUT2D eigenvalue weighted by molar-refractivity contribution is 6.33. The van der Waals surface area contributed by atoms with Crippen molar-refractivity contribution in [1.82, 2.24) is 10.6 Å². The van der Waals surface area contributed by atoms with Crippen LogP contribution < -0.4 is 10.6 Å². The minimum absolute atomic E-state index is 0.0105. The lowest BCUT2D eigenvalue weighted by molar-refractivity contribution is -0.122. The minimum Gasteiger partial charge on any atom is -0.353 e. The third-order valence-corrected chi connectivity index (χ3v) is 5.74. The molecule has 1 atom stereocenters. The summed E-state index contributed by atoms with van der Waals surface area (Å²) >= 11 is 6.05. The van der Waals surface area contributed by atoms with Crippen LogP contribution in [0.3, 0.4) is 0 Å². The second-order valence-corrected chi connectivity index (χ2v) is 7.65. The van der Waals surface area contributed by atoms with Crippen LogP contribution in [-0.4, -0.2) is 24.4 Å². The number of benzene rings is 2. The molecule has 2 amide bonds. The van der Waals surface area contributed by atoms with E-state index in [0.717, 1.165) is 12.8 Å². The van der Waals surface area contributed by atoms with E-state index in [9.17, 15) is 9.59 Å². The monoisotopic (exact) mass is 384 g/mol. The molecule has 2 aromatic carbocycles. The second kappa shape index (κ2) is 8.57. The molecule has 0 saturated heterocycles. The number of carbonyl (C=O) groups excluding carboxylic acids is 2. The Labute approximate surface area is 165 Å². The van der Waals surface area contributed by atoms with Crippen molar-refractivity contribution in [3.8, 4) is 0 Å². The normalized spacial score (nSPS) is 16.5. The fraction of sp³-hybridized carbons (Fsp3) is 0.364. The van der Waals surface area contributed by atoms with Crippen LogP contribution >= 0.6 is 11.6 Å². The number of carbonyl (C=O) groups is 2. The fourth-order valence-electron chi connectivity index (χ4n) is 3.81. The molecule has 5 heteroatoms. The van der Waals surface area contributed by atoms with Gasteiger partial charge < -0.3 is 10.6 Å². The molecule has 4 nitrogen and oxygen atoms in total. The molecule has 1 unspecified atom stereocenters. The first kappa shape index (κ1) is 19.4. The number of nitrogens with one attached hydrogen (secondary N) is 2. The van der Waals surface area contributed by atoms with Crippen molar-refractivity contribution in [2.75, 3.05) is 6.54 Å². The van der Waals surface area contributed by atoms with E-state index in [1.165, 1.54) is 18.4 Å². The maximum atomic E-state index is 12.6. The predicted octanol–water partition coefficient (Wildman–Crippen LogP) is 4.09. The van der Waals surface area contributed by atoms with Crippen molar-refractivity contribution in [3.63, 3.8) is 0 Å². The zero-order valence-electron chi connectivity index (χ0n) is 15.5.